The van der Waals surface area contributed by atoms with E-state index in [1.807, 2.05) is 0 Å². The molecular weight excluding hydrogens is 272 g/mol. The molecule has 1 unspecified atom stereocenters. The van der Waals surface area contributed by atoms with Crippen molar-refractivity contribution in [3.8, 4) is 0 Å². The van der Waals surface area contributed by atoms with E-state index in [0.717, 1.165) is 19.4 Å². The van der Waals surface area contributed by atoms with Gasteiger partial charge in [0.2, 0.25) is 5.91 Å². The third kappa shape index (κ3) is 4.46. The summed E-state index contributed by atoms with van der Waals surface area (Å²) in [5.74, 6) is -0.567. The Morgan fingerprint density at radius 1 is 1.38 bits per heavy atom. The molecule has 0 aromatic heterocycles. The Hall–Kier alpha value is -2.08. The first-order valence-corrected chi connectivity index (χ1v) is 7.00. The quantitative estimate of drug-likeness (QED) is 0.770. The summed E-state index contributed by atoms with van der Waals surface area (Å²) < 4.78 is 10.1. The van der Waals surface area contributed by atoms with Crippen LogP contribution in [0.3, 0.4) is 0 Å². The normalized spacial score (nSPS) is 17.3. The van der Waals surface area contributed by atoms with Gasteiger partial charge in [0.25, 0.3) is 0 Å². The van der Waals surface area contributed by atoms with Crippen LogP contribution in [0.25, 0.3) is 0 Å². The lowest BCUT2D eigenvalue weighted by molar-refractivity contribution is -0.119. The maximum absolute atomic E-state index is 11.8. The van der Waals surface area contributed by atoms with Gasteiger partial charge in [-0.15, -0.1) is 0 Å². The number of benzene rings is 1. The number of ether oxygens (including phenoxy) is 2. The third-order valence-electron chi connectivity index (χ3n) is 3.32. The lowest BCUT2D eigenvalue weighted by Crippen LogP contribution is -2.35. The van der Waals surface area contributed by atoms with Gasteiger partial charge in [0.1, 0.15) is 0 Å². The van der Waals surface area contributed by atoms with E-state index in [1.54, 1.807) is 24.3 Å². The van der Waals surface area contributed by atoms with Gasteiger partial charge in [0.05, 0.1) is 25.3 Å². The topological polar surface area (TPSA) is 76.7 Å². The van der Waals surface area contributed by atoms with Gasteiger partial charge in [0, 0.05) is 18.8 Å². The SMILES string of the molecule is COC(=O)c1ccccc1NCC(=O)NCC1CCCO1. The van der Waals surface area contributed by atoms with E-state index in [1.165, 1.54) is 7.11 Å². The molecule has 1 amide bonds. The zero-order valence-corrected chi connectivity index (χ0v) is 12.1. The molecule has 6 nitrogen and oxygen atoms in total. The number of esters is 1. The molecular formula is C15H20N2O4. The first-order chi connectivity index (χ1) is 10.2. The van der Waals surface area contributed by atoms with Gasteiger partial charge in [-0.3, -0.25) is 4.79 Å². The number of rotatable bonds is 6. The van der Waals surface area contributed by atoms with Gasteiger partial charge >= 0.3 is 5.97 Å². The Morgan fingerprint density at radius 3 is 2.90 bits per heavy atom. The number of methoxy groups -OCH3 is 1. The maximum atomic E-state index is 11.8. The van der Waals surface area contributed by atoms with Crippen LogP contribution >= 0.6 is 0 Å². The Balaban J connectivity index is 1.82. The third-order valence-corrected chi connectivity index (χ3v) is 3.32. The van der Waals surface area contributed by atoms with E-state index >= 15 is 0 Å². The number of para-hydroxylation sites is 1. The first-order valence-electron chi connectivity index (χ1n) is 7.00. The summed E-state index contributed by atoms with van der Waals surface area (Å²) in [7, 11) is 1.33. The van der Waals surface area contributed by atoms with E-state index in [4.69, 9.17) is 9.47 Å². The second-order valence-corrected chi connectivity index (χ2v) is 4.83. The minimum Gasteiger partial charge on any atom is -0.465 e. The first kappa shape index (κ1) is 15.3. The molecule has 0 spiro atoms. The van der Waals surface area contributed by atoms with Crippen molar-refractivity contribution in [2.45, 2.75) is 18.9 Å². The van der Waals surface area contributed by atoms with Crippen LogP contribution in [0.15, 0.2) is 24.3 Å². The summed E-state index contributed by atoms with van der Waals surface area (Å²) >= 11 is 0. The highest BCUT2D eigenvalue weighted by Crippen LogP contribution is 2.15. The number of anilines is 1. The van der Waals surface area contributed by atoms with Crippen LogP contribution in [-0.4, -0.2) is 44.8 Å². The van der Waals surface area contributed by atoms with Crippen molar-refractivity contribution >= 4 is 17.6 Å². The minimum atomic E-state index is -0.433. The van der Waals surface area contributed by atoms with Gasteiger partial charge < -0.3 is 20.1 Å². The summed E-state index contributed by atoms with van der Waals surface area (Å²) in [5, 5.41) is 5.76. The summed E-state index contributed by atoms with van der Waals surface area (Å²) in [4.78, 5) is 23.4. The van der Waals surface area contributed by atoms with Crippen molar-refractivity contribution in [2.24, 2.45) is 0 Å². The van der Waals surface area contributed by atoms with Crippen LogP contribution < -0.4 is 10.6 Å². The average Bonchev–Trinajstić information content (AvgIpc) is 3.04. The fourth-order valence-corrected chi connectivity index (χ4v) is 2.20. The molecule has 1 aliphatic rings. The van der Waals surface area contributed by atoms with Crippen molar-refractivity contribution in [3.05, 3.63) is 29.8 Å². The Kier molecular flexibility index (Phi) is 5.57. The predicted molar refractivity (Wildman–Crippen MR) is 78.3 cm³/mol. The van der Waals surface area contributed by atoms with Crippen molar-refractivity contribution in [2.75, 3.05) is 32.1 Å². The van der Waals surface area contributed by atoms with Gasteiger partial charge in [-0.2, -0.15) is 0 Å². The molecule has 1 aromatic rings. The van der Waals surface area contributed by atoms with E-state index in [0.29, 0.717) is 17.8 Å². The van der Waals surface area contributed by atoms with Crippen LogP contribution in [0, 0.1) is 0 Å². The molecule has 6 heteroatoms. The molecule has 0 aliphatic carbocycles. The van der Waals surface area contributed by atoms with Gasteiger partial charge in [-0.05, 0) is 25.0 Å². The summed E-state index contributed by atoms with van der Waals surface area (Å²) in [6.07, 6.45) is 2.15. The van der Waals surface area contributed by atoms with Gasteiger partial charge in [-0.1, -0.05) is 12.1 Å². The Morgan fingerprint density at radius 2 is 2.19 bits per heavy atom. The van der Waals surface area contributed by atoms with Crippen LogP contribution in [-0.2, 0) is 14.3 Å². The van der Waals surface area contributed by atoms with Crippen LogP contribution in [0.5, 0.6) is 0 Å². The maximum Gasteiger partial charge on any atom is 0.339 e. The molecule has 1 heterocycles. The number of hydrogen-bond donors (Lipinski definition) is 2. The number of nitrogens with one attached hydrogen (secondary N) is 2. The summed E-state index contributed by atoms with van der Waals surface area (Å²) in [6, 6.07) is 6.92. The Bertz CT molecular complexity index is 498. The van der Waals surface area contributed by atoms with E-state index in [9.17, 15) is 9.59 Å². The fraction of sp³-hybridized carbons (Fsp3) is 0.467. The molecule has 1 aliphatic heterocycles. The molecule has 0 saturated carbocycles. The van der Waals surface area contributed by atoms with Crippen LogP contribution in [0.4, 0.5) is 5.69 Å². The second-order valence-electron chi connectivity index (χ2n) is 4.83. The number of hydrogen-bond acceptors (Lipinski definition) is 5. The molecule has 1 atom stereocenters. The van der Waals surface area contributed by atoms with Crippen LogP contribution in [0.1, 0.15) is 23.2 Å². The van der Waals surface area contributed by atoms with Crippen LogP contribution in [0.2, 0.25) is 0 Å². The smallest absolute Gasteiger partial charge is 0.339 e. The van der Waals surface area contributed by atoms with Gasteiger partial charge in [-0.25, -0.2) is 4.79 Å². The van der Waals surface area contributed by atoms with E-state index in [-0.39, 0.29) is 18.6 Å². The molecule has 1 aromatic carbocycles. The Labute approximate surface area is 123 Å². The average molecular weight is 292 g/mol. The van der Waals surface area contributed by atoms with Gasteiger partial charge in [0.15, 0.2) is 0 Å². The number of carbonyl (C=O) groups is 2. The van der Waals surface area contributed by atoms with Crippen molar-refractivity contribution in [1.82, 2.24) is 5.32 Å². The molecule has 114 valence electrons. The zero-order chi connectivity index (χ0) is 15.1. The minimum absolute atomic E-state index is 0.0979. The van der Waals surface area contributed by atoms with Crippen molar-refractivity contribution in [1.29, 1.82) is 0 Å². The largest absolute Gasteiger partial charge is 0.465 e. The van der Waals surface area contributed by atoms with E-state index < -0.39 is 5.97 Å². The standard InChI is InChI=1S/C15H20N2O4/c1-20-15(19)12-6-2-3-7-13(12)16-10-14(18)17-9-11-5-4-8-21-11/h2-3,6-7,11,16H,4-5,8-10H2,1H3,(H,17,18). The molecule has 2 N–H and O–H groups in total. The molecule has 2 rings (SSSR count). The molecule has 0 bridgehead atoms. The zero-order valence-electron chi connectivity index (χ0n) is 12.1. The summed E-state index contributed by atoms with van der Waals surface area (Å²) in [6.45, 7) is 1.39. The number of amides is 1. The molecule has 0 radical (unpaired) electrons. The molecule has 1 fully saturated rings. The second kappa shape index (κ2) is 7.64. The lowest BCUT2D eigenvalue weighted by Gasteiger charge is -2.13. The highest BCUT2D eigenvalue weighted by atomic mass is 16.5. The van der Waals surface area contributed by atoms with Crippen molar-refractivity contribution in [3.63, 3.8) is 0 Å². The number of carbonyl (C=O) groups excluding carboxylic acids is 2. The molecule has 1 saturated heterocycles. The fourth-order valence-electron chi connectivity index (χ4n) is 2.20. The van der Waals surface area contributed by atoms with Crippen molar-refractivity contribution < 1.29 is 19.1 Å². The molecule has 21 heavy (non-hydrogen) atoms. The van der Waals surface area contributed by atoms with E-state index in [2.05, 4.69) is 10.6 Å². The predicted octanol–water partition coefficient (Wildman–Crippen LogP) is 1.18. The lowest BCUT2D eigenvalue weighted by atomic mass is 10.2. The highest BCUT2D eigenvalue weighted by molar-refractivity contribution is 5.96. The summed E-state index contributed by atoms with van der Waals surface area (Å²) in [5.41, 5.74) is 0.989. The highest BCUT2D eigenvalue weighted by Gasteiger charge is 2.16. The monoisotopic (exact) mass is 292 g/mol.